The van der Waals surface area contributed by atoms with Crippen LogP contribution in [-0.2, 0) is 0 Å². The molecule has 2 unspecified atom stereocenters. The second-order valence-electron chi connectivity index (χ2n) is 4.95. The minimum absolute atomic E-state index is 0.213. The van der Waals surface area contributed by atoms with Crippen LogP contribution in [0.4, 0.5) is 0 Å². The van der Waals surface area contributed by atoms with Gasteiger partial charge in [0.25, 0.3) is 0 Å². The maximum atomic E-state index is 9.60. The highest BCUT2D eigenvalue weighted by Gasteiger charge is 2.26. The van der Waals surface area contributed by atoms with E-state index in [2.05, 4.69) is 17.0 Å². The van der Waals surface area contributed by atoms with Crippen molar-refractivity contribution in [1.29, 1.82) is 5.26 Å². The van der Waals surface area contributed by atoms with E-state index in [0.717, 1.165) is 12.0 Å². The summed E-state index contributed by atoms with van der Waals surface area (Å²) in [6, 6.07) is 7.50. The molecule has 2 atom stereocenters. The van der Waals surface area contributed by atoms with Crippen molar-refractivity contribution >= 4 is 23.2 Å². The molecule has 0 aliphatic rings. The Morgan fingerprint density at radius 2 is 2.18 bits per heavy atom. The van der Waals surface area contributed by atoms with Crippen LogP contribution < -0.4 is 0 Å². The second-order valence-corrected chi connectivity index (χ2v) is 5.80. The number of terminal acetylenes is 1. The molecule has 0 amide bonds. The summed E-state index contributed by atoms with van der Waals surface area (Å²) in [5, 5.41) is 10.7. The third kappa shape index (κ3) is 3.83. The molecule has 2 aromatic rings. The summed E-state index contributed by atoms with van der Waals surface area (Å²) in [4.78, 5) is 4.08. The minimum atomic E-state index is -0.249. The lowest BCUT2D eigenvalue weighted by molar-refractivity contribution is 0.421. The highest BCUT2D eigenvalue weighted by atomic mass is 35.5. The number of rotatable bonds is 6. The van der Waals surface area contributed by atoms with Crippen LogP contribution >= 0.6 is 23.2 Å². The fraction of sp³-hybridized carbons (Fsp3) is 0.294. The molecule has 1 aromatic heterocycles. The van der Waals surface area contributed by atoms with Gasteiger partial charge in [-0.2, -0.15) is 5.26 Å². The summed E-state index contributed by atoms with van der Waals surface area (Å²) >= 11 is 12.3. The van der Waals surface area contributed by atoms with Gasteiger partial charge >= 0.3 is 0 Å². The Morgan fingerprint density at radius 3 is 2.77 bits per heavy atom. The first kappa shape index (κ1) is 16.4. The van der Waals surface area contributed by atoms with Crippen LogP contribution in [0.3, 0.4) is 0 Å². The molecule has 0 aliphatic carbocycles. The van der Waals surface area contributed by atoms with Gasteiger partial charge in [0.15, 0.2) is 0 Å². The van der Waals surface area contributed by atoms with Gasteiger partial charge < -0.3 is 4.57 Å². The maximum Gasteiger partial charge on any atom is 0.0952 e. The van der Waals surface area contributed by atoms with Gasteiger partial charge in [-0.25, -0.2) is 4.98 Å². The molecule has 0 bridgehead atoms. The standard InChI is InChI=1S/C17H15Cl2N3/c1-2-3-4-5-13(11-20)17(22-9-8-21-12-22)15-7-6-14(18)10-16(15)19/h1,6-10,12-13,17H,3-5H2. The average Bonchev–Trinajstić information content (AvgIpc) is 3.02. The molecule has 1 aromatic carbocycles. The summed E-state index contributed by atoms with van der Waals surface area (Å²) in [5.74, 6) is 2.36. The van der Waals surface area contributed by atoms with E-state index in [0.29, 0.717) is 22.9 Å². The Kier molecular flexibility index (Phi) is 5.90. The van der Waals surface area contributed by atoms with Crippen LogP contribution in [0.5, 0.6) is 0 Å². The predicted molar refractivity (Wildman–Crippen MR) is 88.6 cm³/mol. The molecular weight excluding hydrogens is 317 g/mol. The molecule has 2 rings (SSSR count). The van der Waals surface area contributed by atoms with Crippen LogP contribution in [-0.4, -0.2) is 9.55 Å². The van der Waals surface area contributed by atoms with Crippen LogP contribution in [0.1, 0.15) is 30.9 Å². The second kappa shape index (κ2) is 7.90. The van der Waals surface area contributed by atoms with Crippen molar-refractivity contribution in [2.24, 2.45) is 5.92 Å². The SMILES string of the molecule is C#CCCCC(C#N)C(c1ccc(Cl)cc1Cl)n1ccnc1. The van der Waals surface area contributed by atoms with E-state index in [4.69, 9.17) is 29.6 Å². The van der Waals surface area contributed by atoms with Crippen LogP contribution in [0.15, 0.2) is 36.9 Å². The third-order valence-corrected chi connectivity index (χ3v) is 4.07. The number of aromatic nitrogens is 2. The molecule has 5 heteroatoms. The lowest BCUT2D eigenvalue weighted by atomic mass is 9.89. The normalized spacial score (nSPS) is 13.1. The van der Waals surface area contributed by atoms with Gasteiger partial charge in [0.2, 0.25) is 0 Å². The van der Waals surface area contributed by atoms with Crippen molar-refractivity contribution in [2.75, 3.05) is 0 Å². The lowest BCUT2D eigenvalue weighted by Crippen LogP contribution is -2.19. The zero-order chi connectivity index (χ0) is 15.9. The number of halogens is 2. The Morgan fingerprint density at radius 1 is 1.36 bits per heavy atom. The third-order valence-electron chi connectivity index (χ3n) is 3.51. The number of hydrogen-bond donors (Lipinski definition) is 0. The summed E-state index contributed by atoms with van der Waals surface area (Å²) in [6.45, 7) is 0. The molecule has 0 spiro atoms. The zero-order valence-corrected chi connectivity index (χ0v) is 13.4. The Labute approximate surface area is 140 Å². The number of nitrogens with zero attached hydrogens (tertiary/aromatic N) is 3. The highest BCUT2D eigenvalue weighted by molar-refractivity contribution is 6.35. The van der Waals surface area contributed by atoms with Gasteiger partial charge in [-0.3, -0.25) is 0 Å². The summed E-state index contributed by atoms with van der Waals surface area (Å²) in [7, 11) is 0. The van der Waals surface area contributed by atoms with Gasteiger partial charge in [0, 0.05) is 28.9 Å². The largest absolute Gasteiger partial charge is 0.329 e. The molecule has 3 nitrogen and oxygen atoms in total. The number of benzene rings is 1. The minimum Gasteiger partial charge on any atom is -0.329 e. The van der Waals surface area contributed by atoms with E-state index >= 15 is 0 Å². The fourth-order valence-electron chi connectivity index (χ4n) is 2.48. The highest BCUT2D eigenvalue weighted by Crippen LogP contribution is 2.35. The van der Waals surface area contributed by atoms with Gasteiger partial charge in [-0.15, -0.1) is 12.3 Å². The molecule has 22 heavy (non-hydrogen) atoms. The van der Waals surface area contributed by atoms with E-state index in [1.54, 1.807) is 24.7 Å². The summed E-state index contributed by atoms with van der Waals surface area (Å²) < 4.78 is 1.90. The number of nitriles is 1. The number of hydrogen-bond acceptors (Lipinski definition) is 2. The topological polar surface area (TPSA) is 41.6 Å². The van der Waals surface area contributed by atoms with E-state index < -0.39 is 0 Å². The molecule has 112 valence electrons. The van der Waals surface area contributed by atoms with Gasteiger partial charge in [0.1, 0.15) is 0 Å². The van der Waals surface area contributed by atoms with Gasteiger partial charge in [-0.05, 0) is 30.5 Å². The van der Waals surface area contributed by atoms with Crippen molar-refractivity contribution in [3.8, 4) is 18.4 Å². The molecule has 0 N–H and O–H groups in total. The quantitative estimate of drug-likeness (QED) is 0.567. The molecule has 1 heterocycles. The van der Waals surface area contributed by atoms with Crippen molar-refractivity contribution in [2.45, 2.75) is 25.3 Å². The zero-order valence-electron chi connectivity index (χ0n) is 11.9. The molecule has 0 radical (unpaired) electrons. The first-order valence-corrected chi connectivity index (χ1v) is 7.68. The molecule has 0 saturated carbocycles. The van der Waals surface area contributed by atoms with E-state index in [1.807, 2.05) is 16.8 Å². The van der Waals surface area contributed by atoms with E-state index in [9.17, 15) is 5.26 Å². The summed E-state index contributed by atoms with van der Waals surface area (Å²) in [5.41, 5.74) is 0.858. The average molecular weight is 332 g/mol. The molecule has 0 aliphatic heterocycles. The Hall–Kier alpha value is -1.94. The Balaban J connectivity index is 2.39. The van der Waals surface area contributed by atoms with Crippen molar-refractivity contribution in [3.05, 3.63) is 52.5 Å². The predicted octanol–water partition coefficient (Wildman–Crippen LogP) is 4.72. The van der Waals surface area contributed by atoms with E-state index in [1.165, 1.54) is 0 Å². The van der Waals surface area contributed by atoms with Gasteiger partial charge in [0.05, 0.1) is 24.4 Å². The first-order valence-electron chi connectivity index (χ1n) is 6.93. The first-order chi connectivity index (χ1) is 10.7. The van der Waals surface area contributed by atoms with Crippen molar-refractivity contribution in [3.63, 3.8) is 0 Å². The van der Waals surface area contributed by atoms with Gasteiger partial charge in [-0.1, -0.05) is 29.3 Å². The number of imidazole rings is 1. The maximum absolute atomic E-state index is 9.60. The fourth-order valence-corrected chi connectivity index (χ4v) is 3.00. The smallest absolute Gasteiger partial charge is 0.0952 e. The molecule has 0 saturated heterocycles. The Bertz CT molecular complexity index is 696. The monoisotopic (exact) mass is 331 g/mol. The van der Waals surface area contributed by atoms with Crippen LogP contribution in [0.25, 0.3) is 0 Å². The molecule has 0 fully saturated rings. The number of unbranched alkanes of at least 4 members (excludes halogenated alkanes) is 1. The van der Waals surface area contributed by atoms with Crippen LogP contribution in [0, 0.1) is 29.6 Å². The molecular formula is C17H15Cl2N3. The van der Waals surface area contributed by atoms with Crippen LogP contribution in [0.2, 0.25) is 10.0 Å². The van der Waals surface area contributed by atoms with E-state index in [-0.39, 0.29) is 12.0 Å². The van der Waals surface area contributed by atoms with Crippen molar-refractivity contribution < 1.29 is 0 Å². The lowest BCUT2D eigenvalue weighted by Gasteiger charge is -2.25. The van der Waals surface area contributed by atoms with Crippen molar-refractivity contribution in [1.82, 2.24) is 9.55 Å². The summed E-state index contributed by atoms with van der Waals surface area (Å²) in [6.07, 6.45) is 12.7.